The van der Waals surface area contributed by atoms with Crippen molar-refractivity contribution in [3.63, 3.8) is 0 Å². The number of aromatic nitrogens is 2. The van der Waals surface area contributed by atoms with Crippen LogP contribution < -0.4 is 5.32 Å². The molecule has 1 aromatic heterocycles. The van der Waals surface area contributed by atoms with E-state index in [9.17, 15) is 9.18 Å². The lowest BCUT2D eigenvalue weighted by atomic mass is 10.1. The van der Waals surface area contributed by atoms with Gasteiger partial charge in [0.25, 0.3) is 0 Å². The third-order valence-electron chi connectivity index (χ3n) is 3.09. The molecule has 0 atom stereocenters. The van der Waals surface area contributed by atoms with Gasteiger partial charge in [-0.1, -0.05) is 12.1 Å². The highest BCUT2D eigenvalue weighted by molar-refractivity contribution is 5.78. The molecule has 1 N–H and O–H groups in total. The Balaban J connectivity index is 1.88. The van der Waals surface area contributed by atoms with E-state index in [0.29, 0.717) is 6.54 Å². The fraction of sp³-hybridized carbons (Fsp3) is 0.286. The van der Waals surface area contributed by atoms with Crippen LogP contribution in [0.3, 0.4) is 0 Å². The molecule has 0 aliphatic rings. The van der Waals surface area contributed by atoms with E-state index in [1.54, 1.807) is 23.0 Å². The van der Waals surface area contributed by atoms with E-state index in [1.807, 2.05) is 14.0 Å². The maximum atomic E-state index is 12.7. The van der Waals surface area contributed by atoms with Crippen LogP contribution in [0.5, 0.6) is 0 Å². The number of hydrogen-bond donors (Lipinski definition) is 1. The summed E-state index contributed by atoms with van der Waals surface area (Å²) in [5.74, 6) is -0.384. The van der Waals surface area contributed by atoms with Crippen LogP contribution in [0, 0.1) is 12.7 Å². The Morgan fingerprint density at radius 1 is 1.37 bits per heavy atom. The Hall–Kier alpha value is -2.17. The van der Waals surface area contributed by atoms with Gasteiger partial charge in [-0.25, -0.2) is 4.39 Å². The highest BCUT2D eigenvalue weighted by Gasteiger charge is 2.07. The first kappa shape index (κ1) is 13.3. The van der Waals surface area contributed by atoms with Crippen LogP contribution in [0.25, 0.3) is 0 Å². The Bertz CT molecular complexity index is 575. The Labute approximate surface area is 111 Å². The third kappa shape index (κ3) is 3.40. The molecule has 0 aliphatic heterocycles. The Morgan fingerprint density at radius 3 is 2.63 bits per heavy atom. The number of benzene rings is 1. The zero-order chi connectivity index (χ0) is 13.8. The number of carbonyl (C=O) groups excluding carboxylic acids is 1. The van der Waals surface area contributed by atoms with Crippen molar-refractivity contribution in [2.75, 3.05) is 0 Å². The normalized spacial score (nSPS) is 10.5. The molecule has 1 heterocycles. The van der Waals surface area contributed by atoms with Crippen LogP contribution in [0.15, 0.2) is 30.5 Å². The molecular formula is C14H16FN3O. The number of hydrogen-bond acceptors (Lipinski definition) is 2. The van der Waals surface area contributed by atoms with E-state index < -0.39 is 0 Å². The van der Waals surface area contributed by atoms with Crippen LogP contribution in [0.2, 0.25) is 0 Å². The number of nitrogens with one attached hydrogen (secondary N) is 1. The average Bonchev–Trinajstić information content (AvgIpc) is 2.70. The number of nitrogens with zero attached hydrogens (tertiary/aromatic N) is 2. The van der Waals surface area contributed by atoms with Crippen molar-refractivity contribution in [1.82, 2.24) is 15.1 Å². The summed E-state index contributed by atoms with van der Waals surface area (Å²) in [7, 11) is 1.86. The lowest BCUT2D eigenvalue weighted by molar-refractivity contribution is -0.120. The van der Waals surface area contributed by atoms with Crippen LogP contribution in [-0.2, 0) is 24.8 Å². The molecule has 0 saturated carbocycles. The molecule has 0 radical (unpaired) electrons. The molecule has 0 saturated heterocycles. The Morgan fingerprint density at radius 2 is 2.05 bits per heavy atom. The molecule has 1 aromatic carbocycles. The molecule has 2 aromatic rings. The van der Waals surface area contributed by atoms with Crippen molar-refractivity contribution >= 4 is 5.91 Å². The topological polar surface area (TPSA) is 46.9 Å². The predicted octanol–water partition coefficient (Wildman–Crippen LogP) is 1.73. The van der Waals surface area contributed by atoms with Gasteiger partial charge in [0.15, 0.2) is 0 Å². The summed E-state index contributed by atoms with van der Waals surface area (Å²) < 4.78 is 14.5. The number of amides is 1. The lowest BCUT2D eigenvalue weighted by Crippen LogP contribution is -2.24. The molecule has 0 fully saturated rings. The summed E-state index contributed by atoms with van der Waals surface area (Å²) in [6.07, 6.45) is 1.99. The number of rotatable bonds is 4. The maximum Gasteiger partial charge on any atom is 0.224 e. The van der Waals surface area contributed by atoms with Gasteiger partial charge in [-0.2, -0.15) is 5.10 Å². The van der Waals surface area contributed by atoms with Gasteiger partial charge in [-0.15, -0.1) is 0 Å². The van der Waals surface area contributed by atoms with Crippen molar-refractivity contribution in [3.8, 4) is 0 Å². The van der Waals surface area contributed by atoms with Gasteiger partial charge in [0.2, 0.25) is 5.91 Å². The minimum atomic E-state index is -0.296. The molecule has 0 unspecified atom stereocenters. The smallest absolute Gasteiger partial charge is 0.224 e. The highest BCUT2D eigenvalue weighted by Crippen LogP contribution is 2.06. The van der Waals surface area contributed by atoms with E-state index in [4.69, 9.17) is 0 Å². The van der Waals surface area contributed by atoms with E-state index in [1.165, 1.54) is 12.1 Å². The first-order valence-electron chi connectivity index (χ1n) is 6.05. The average molecular weight is 261 g/mol. The highest BCUT2D eigenvalue weighted by atomic mass is 19.1. The number of aryl methyl sites for hydroxylation is 1. The fourth-order valence-electron chi connectivity index (χ4n) is 1.76. The quantitative estimate of drug-likeness (QED) is 0.911. The predicted molar refractivity (Wildman–Crippen MR) is 69.9 cm³/mol. The molecule has 0 bridgehead atoms. The second kappa shape index (κ2) is 5.65. The molecule has 4 nitrogen and oxygen atoms in total. The molecule has 19 heavy (non-hydrogen) atoms. The number of halogens is 1. The van der Waals surface area contributed by atoms with Crippen molar-refractivity contribution < 1.29 is 9.18 Å². The first-order valence-corrected chi connectivity index (χ1v) is 6.05. The largest absolute Gasteiger partial charge is 0.352 e. The summed E-state index contributed by atoms with van der Waals surface area (Å²) in [5, 5.41) is 6.94. The minimum Gasteiger partial charge on any atom is -0.352 e. The molecule has 0 spiro atoms. The van der Waals surface area contributed by atoms with E-state index in [-0.39, 0.29) is 18.1 Å². The van der Waals surface area contributed by atoms with Crippen LogP contribution in [0.4, 0.5) is 4.39 Å². The summed E-state index contributed by atoms with van der Waals surface area (Å²) in [6.45, 7) is 2.41. The van der Waals surface area contributed by atoms with Crippen LogP contribution in [0.1, 0.15) is 16.8 Å². The van der Waals surface area contributed by atoms with Gasteiger partial charge in [0, 0.05) is 24.8 Å². The second-order valence-corrected chi connectivity index (χ2v) is 4.46. The summed E-state index contributed by atoms with van der Waals surface area (Å²) in [6, 6.07) is 5.94. The van der Waals surface area contributed by atoms with Crippen molar-refractivity contribution in [2.24, 2.45) is 7.05 Å². The SMILES string of the molecule is Cc1c(CNC(=O)Cc2ccc(F)cc2)cnn1C. The van der Waals surface area contributed by atoms with Crippen molar-refractivity contribution in [1.29, 1.82) is 0 Å². The lowest BCUT2D eigenvalue weighted by Gasteiger charge is -2.05. The molecule has 5 heteroatoms. The number of carbonyl (C=O) groups is 1. The van der Waals surface area contributed by atoms with Gasteiger partial charge in [-0.3, -0.25) is 9.48 Å². The van der Waals surface area contributed by atoms with E-state index in [2.05, 4.69) is 10.4 Å². The Kier molecular flexibility index (Phi) is 3.94. The fourth-order valence-corrected chi connectivity index (χ4v) is 1.76. The molecule has 0 aliphatic carbocycles. The van der Waals surface area contributed by atoms with E-state index in [0.717, 1.165) is 16.8 Å². The third-order valence-corrected chi connectivity index (χ3v) is 3.09. The molecule has 2 rings (SSSR count). The molecule has 100 valence electrons. The summed E-state index contributed by atoms with van der Waals surface area (Å²) in [5.41, 5.74) is 2.82. The standard InChI is InChI=1S/C14H16FN3O/c1-10-12(9-17-18(10)2)8-16-14(19)7-11-3-5-13(15)6-4-11/h3-6,9H,7-8H2,1-2H3,(H,16,19). The molecular weight excluding hydrogens is 245 g/mol. The van der Waals surface area contributed by atoms with Gasteiger partial charge < -0.3 is 5.32 Å². The minimum absolute atomic E-state index is 0.0881. The van der Waals surface area contributed by atoms with Gasteiger partial charge in [0.1, 0.15) is 5.82 Å². The summed E-state index contributed by atoms with van der Waals surface area (Å²) >= 11 is 0. The van der Waals surface area contributed by atoms with Gasteiger partial charge in [-0.05, 0) is 24.6 Å². The monoisotopic (exact) mass is 261 g/mol. The summed E-state index contributed by atoms with van der Waals surface area (Å²) in [4.78, 5) is 11.8. The van der Waals surface area contributed by atoms with Crippen molar-refractivity contribution in [3.05, 3.63) is 53.1 Å². The maximum absolute atomic E-state index is 12.7. The molecule has 1 amide bonds. The van der Waals surface area contributed by atoms with E-state index >= 15 is 0 Å². The van der Waals surface area contributed by atoms with Gasteiger partial charge >= 0.3 is 0 Å². The van der Waals surface area contributed by atoms with Crippen molar-refractivity contribution in [2.45, 2.75) is 19.9 Å². The van der Waals surface area contributed by atoms with Gasteiger partial charge in [0.05, 0.1) is 12.6 Å². The van der Waals surface area contributed by atoms with Crippen LogP contribution in [-0.4, -0.2) is 15.7 Å². The first-order chi connectivity index (χ1) is 9.06. The zero-order valence-corrected chi connectivity index (χ0v) is 11.0. The zero-order valence-electron chi connectivity index (χ0n) is 11.0. The second-order valence-electron chi connectivity index (χ2n) is 4.46. The van der Waals surface area contributed by atoms with Crippen LogP contribution >= 0.6 is 0 Å².